The SMILES string of the molecule is CCCC[C@H](NC(=O)c1cc2c(s1)CCSC2)C(=O)O. The third-order valence-electron chi connectivity index (χ3n) is 3.30. The number of rotatable bonds is 6. The summed E-state index contributed by atoms with van der Waals surface area (Å²) in [6.45, 7) is 2.01. The van der Waals surface area contributed by atoms with Gasteiger partial charge in [-0.15, -0.1) is 11.3 Å². The molecule has 0 unspecified atom stereocenters. The summed E-state index contributed by atoms with van der Waals surface area (Å²) in [7, 11) is 0. The van der Waals surface area contributed by atoms with Crippen molar-refractivity contribution in [2.45, 2.75) is 44.4 Å². The van der Waals surface area contributed by atoms with Crippen LogP contribution in [0.5, 0.6) is 0 Å². The number of unbranched alkanes of at least 4 members (excludes halogenated alkanes) is 1. The molecule has 0 spiro atoms. The van der Waals surface area contributed by atoms with E-state index in [-0.39, 0.29) is 5.91 Å². The number of fused-ring (bicyclic) bond motifs is 1. The largest absolute Gasteiger partial charge is 0.480 e. The van der Waals surface area contributed by atoms with Crippen molar-refractivity contribution in [1.82, 2.24) is 5.32 Å². The third kappa shape index (κ3) is 3.76. The summed E-state index contributed by atoms with van der Waals surface area (Å²) in [6.07, 6.45) is 3.22. The summed E-state index contributed by atoms with van der Waals surface area (Å²) in [6, 6.07) is 1.14. The van der Waals surface area contributed by atoms with Crippen molar-refractivity contribution >= 4 is 35.0 Å². The molecule has 0 aromatic carbocycles. The number of hydrogen-bond donors (Lipinski definition) is 2. The van der Waals surface area contributed by atoms with Crippen molar-refractivity contribution in [3.05, 3.63) is 21.4 Å². The van der Waals surface area contributed by atoms with Crippen LogP contribution in [0.25, 0.3) is 0 Å². The zero-order chi connectivity index (χ0) is 14.5. The van der Waals surface area contributed by atoms with E-state index in [1.165, 1.54) is 21.8 Å². The molecule has 0 fully saturated rings. The zero-order valence-electron chi connectivity index (χ0n) is 11.5. The van der Waals surface area contributed by atoms with Gasteiger partial charge in [0.15, 0.2) is 0 Å². The van der Waals surface area contributed by atoms with Crippen molar-refractivity contribution in [1.29, 1.82) is 0 Å². The van der Waals surface area contributed by atoms with E-state index in [9.17, 15) is 9.59 Å². The number of aryl methyl sites for hydroxylation is 1. The van der Waals surface area contributed by atoms with Gasteiger partial charge in [0.1, 0.15) is 6.04 Å². The van der Waals surface area contributed by atoms with Crippen molar-refractivity contribution in [2.24, 2.45) is 0 Å². The number of thioether (sulfide) groups is 1. The topological polar surface area (TPSA) is 66.4 Å². The standard InChI is InChI=1S/C14H19NO3S2/c1-2-3-4-10(14(17)18)15-13(16)12-7-9-8-19-6-5-11(9)20-12/h7,10H,2-6,8H2,1H3,(H,15,16)(H,17,18)/t10-/m0/s1. The zero-order valence-corrected chi connectivity index (χ0v) is 13.1. The summed E-state index contributed by atoms with van der Waals surface area (Å²) in [5.41, 5.74) is 1.23. The fourth-order valence-electron chi connectivity index (χ4n) is 2.15. The lowest BCUT2D eigenvalue weighted by Gasteiger charge is -2.13. The molecule has 110 valence electrons. The number of hydrogen-bond acceptors (Lipinski definition) is 4. The van der Waals surface area contributed by atoms with E-state index in [2.05, 4.69) is 5.32 Å². The number of aliphatic carboxylic acids is 1. The summed E-state index contributed by atoms with van der Waals surface area (Å²) in [4.78, 5) is 25.2. The van der Waals surface area contributed by atoms with E-state index in [1.807, 2.05) is 24.8 Å². The Balaban J connectivity index is 2.02. The molecule has 2 heterocycles. The highest BCUT2D eigenvalue weighted by atomic mass is 32.2. The maximum absolute atomic E-state index is 12.2. The van der Waals surface area contributed by atoms with Gasteiger partial charge in [-0.05, 0) is 30.2 Å². The number of carboxylic acids is 1. The van der Waals surface area contributed by atoms with E-state index < -0.39 is 12.0 Å². The van der Waals surface area contributed by atoms with Gasteiger partial charge in [0.2, 0.25) is 0 Å². The van der Waals surface area contributed by atoms with Crippen LogP contribution < -0.4 is 5.32 Å². The lowest BCUT2D eigenvalue weighted by molar-refractivity contribution is -0.139. The van der Waals surface area contributed by atoms with Crippen LogP contribution in [-0.4, -0.2) is 28.8 Å². The molecule has 0 radical (unpaired) electrons. The second kappa shape index (κ2) is 7.13. The van der Waals surface area contributed by atoms with Gasteiger partial charge in [-0.1, -0.05) is 19.8 Å². The van der Waals surface area contributed by atoms with Crippen molar-refractivity contribution < 1.29 is 14.7 Å². The van der Waals surface area contributed by atoms with Crippen LogP contribution in [0.15, 0.2) is 6.07 Å². The monoisotopic (exact) mass is 313 g/mol. The first-order valence-corrected chi connectivity index (χ1v) is 8.82. The minimum atomic E-state index is -0.955. The molecule has 2 N–H and O–H groups in total. The third-order valence-corrected chi connectivity index (χ3v) is 5.55. The average molecular weight is 313 g/mol. The van der Waals surface area contributed by atoms with Gasteiger partial charge in [0.25, 0.3) is 5.91 Å². The molecule has 1 aliphatic heterocycles. The van der Waals surface area contributed by atoms with E-state index in [0.29, 0.717) is 11.3 Å². The number of carbonyl (C=O) groups is 2. The fraction of sp³-hybridized carbons (Fsp3) is 0.571. The van der Waals surface area contributed by atoms with Crippen molar-refractivity contribution in [3.8, 4) is 0 Å². The average Bonchev–Trinajstić information content (AvgIpc) is 2.86. The predicted octanol–water partition coefficient (Wildman–Crippen LogP) is 2.91. The van der Waals surface area contributed by atoms with Crippen LogP contribution in [-0.2, 0) is 17.0 Å². The minimum absolute atomic E-state index is 0.252. The number of nitrogens with one attached hydrogen (secondary N) is 1. The van der Waals surface area contributed by atoms with Crippen molar-refractivity contribution in [3.63, 3.8) is 0 Å². The predicted molar refractivity (Wildman–Crippen MR) is 82.6 cm³/mol. The number of amides is 1. The Morgan fingerprint density at radius 1 is 1.50 bits per heavy atom. The number of carboxylic acid groups (broad SMARTS) is 1. The van der Waals surface area contributed by atoms with E-state index >= 15 is 0 Å². The lowest BCUT2D eigenvalue weighted by Crippen LogP contribution is -2.40. The highest BCUT2D eigenvalue weighted by molar-refractivity contribution is 7.98. The van der Waals surface area contributed by atoms with Gasteiger partial charge in [-0.25, -0.2) is 4.79 Å². The van der Waals surface area contributed by atoms with Gasteiger partial charge >= 0.3 is 5.97 Å². The normalized spacial score (nSPS) is 15.4. The summed E-state index contributed by atoms with van der Waals surface area (Å²) < 4.78 is 0. The van der Waals surface area contributed by atoms with E-state index in [4.69, 9.17) is 5.11 Å². The van der Waals surface area contributed by atoms with Crippen molar-refractivity contribution in [2.75, 3.05) is 5.75 Å². The summed E-state index contributed by atoms with van der Waals surface area (Å²) >= 11 is 3.38. The van der Waals surface area contributed by atoms with E-state index in [1.54, 1.807) is 0 Å². The molecule has 0 bridgehead atoms. The maximum Gasteiger partial charge on any atom is 0.326 e. The molecule has 0 saturated heterocycles. The molecule has 20 heavy (non-hydrogen) atoms. The van der Waals surface area contributed by atoms with Gasteiger partial charge in [-0.2, -0.15) is 11.8 Å². The molecule has 4 nitrogen and oxygen atoms in total. The second-order valence-corrected chi connectivity index (χ2v) is 7.11. The molecular formula is C14H19NO3S2. The Kier molecular flexibility index (Phi) is 5.48. The number of thiophene rings is 1. The van der Waals surface area contributed by atoms with Gasteiger partial charge in [-0.3, -0.25) is 4.79 Å². The fourth-order valence-corrected chi connectivity index (χ4v) is 4.43. The van der Waals surface area contributed by atoms with E-state index in [0.717, 1.165) is 30.8 Å². The summed E-state index contributed by atoms with van der Waals surface area (Å²) in [5, 5.41) is 11.8. The molecular weight excluding hydrogens is 294 g/mol. The molecule has 1 atom stereocenters. The Morgan fingerprint density at radius 2 is 2.30 bits per heavy atom. The minimum Gasteiger partial charge on any atom is -0.480 e. The van der Waals surface area contributed by atoms with Crippen LogP contribution in [0.2, 0.25) is 0 Å². The molecule has 1 aromatic heterocycles. The first kappa shape index (κ1) is 15.4. The van der Waals surface area contributed by atoms with Crippen LogP contribution >= 0.6 is 23.1 Å². The first-order chi connectivity index (χ1) is 9.61. The smallest absolute Gasteiger partial charge is 0.326 e. The summed E-state index contributed by atoms with van der Waals surface area (Å²) in [5.74, 6) is 0.849. The molecule has 1 amide bonds. The van der Waals surface area contributed by atoms with Crippen LogP contribution in [0.4, 0.5) is 0 Å². The Labute approximate surface area is 127 Å². The van der Waals surface area contributed by atoms with Gasteiger partial charge in [0, 0.05) is 10.6 Å². The Morgan fingerprint density at radius 3 is 2.95 bits per heavy atom. The molecule has 0 saturated carbocycles. The molecule has 1 aromatic rings. The van der Waals surface area contributed by atoms with Crippen LogP contribution in [0, 0.1) is 0 Å². The molecule has 1 aliphatic rings. The molecule has 0 aliphatic carbocycles. The van der Waals surface area contributed by atoms with Gasteiger partial charge in [0.05, 0.1) is 4.88 Å². The quantitative estimate of drug-likeness (QED) is 0.847. The van der Waals surface area contributed by atoms with Crippen LogP contribution in [0.3, 0.4) is 0 Å². The number of carbonyl (C=O) groups excluding carboxylic acids is 1. The maximum atomic E-state index is 12.2. The lowest BCUT2D eigenvalue weighted by atomic mass is 10.1. The highest BCUT2D eigenvalue weighted by Gasteiger charge is 2.22. The highest BCUT2D eigenvalue weighted by Crippen LogP contribution is 2.31. The first-order valence-electron chi connectivity index (χ1n) is 6.84. The molecule has 2 rings (SSSR count). The second-order valence-electron chi connectivity index (χ2n) is 4.87. The van der Waals surface area contributed by atoms with Gasteiger partial charge < -0.3 is 10.4 Å². The van der Waals surface area contributed by atoms with Crippen LogP contribution in [0.1, 0.15) is 46.3 Å². The Hall–Kier alpha value is -1.01. The molecule has 6 heteroatoms. The Bertz CT molecular complexity index is 475.